The highest BCUT2D eigenvalue weighted by atomic mass is 16.6. The Morgan fingerprint density at radius 2 is 1.10 bits per heavy atom. The van der Waals surface area contributed by atoms with Crippen molar-refractivity contribution in [1.29, 1.82) is 0 Å². The molecule has 1 N–H and O–H groups in total. The van der Waals surface area contributed by atoms with Gasteiger partial charge in [-0.2, -0.15) is 0 Å². The lowest BCUT2D eigenvalue weighted by molar-refractivity contribution is -0.161. The number of allylic oxidation sites excluding steroid dienone is 8. The lowest BCUT2D eigenvalue weighted by Gasteiger charge is -2.15. The Bertz CT molecular complexity index is 677. The van der Waals surface area contributed by atoms with E-state index in [1.165, 1.54) is 25.7 Å². The van der Waals surface area contributed by atoms with Crippen molar-refractivity contribution in [2.75, 3.05) is 13.2 Å². The van der Waals surface area contributed by atoms with Crippen molar-refractivity contribution in [2.45, 2.75) is 142 Å². The van der Waals surface area contributed by atoms with Gasteiger partial charge in [-0.25, -0.2) is 0 Å². The molecule has 224 valence electrons. The van der Waals surface area contributed by atoms with Crippen LogP contribution in [0.25, 0.3) is 0 Å². The zero-order chi connectivity index (χ0) is 28.7. The first-order chi connectivity index (χ1) is 19.1. The van der Waals surface area contributed by atoms with E-state index in [0.29, 0.717) is 12.8 Å². The molecule has 0 heterocycles. The van der Waals surface area contributed by atoms with Crippen LogP contribution in [-0.2, 0) is 19.1 Å². The molecule has 5 heteroatoms. The highest BCUT2D eigenvalue weighted by Crippen LogP contribution is 2.11. The smallest absolute Gasteiger partial charge is 0.306 e. The number of carbonyl (C=O) groups excluding carboxylic acids is 2. The Morgan fingerprint density at radius 3 is 1.69 bits per heavy atom. The Hall–Kier alpha value is -2.14. The second-order valence-electron chi connectivity index (χ2n) is 10.1. The van der Waals surface area contributed by atoms with Crippen LogP contribution in [0.1, 0.15) is 136 Å². The van der Waals surface area contributed by atoms with E-state index in [0.717, 1.165) is 83.5 Å². The van der Waals surface area contributed by atoms with Gasteiger partial charge in [0.2, 0.25) is 0 Å². The van der Waals surface area contributed by atoms with Gasteiger partial charge in [0.05, 0.1) is 6.61 Å². The number of esters is 2. The van der Waals surface area contributed by atoms with Crippen molar-refractivity contribution in [1.82, 2.24) is 0 Å². The number of hydrogen-bond donors (Lipinski definition) is 1. The Morgan fingerprint density at radius 1 is 0.615 bits per heavy atom. The summed E-state index contributed by atoms with van der Waals surface area (Å²) in [6.45, 7) is 3.91. The Labute approximate surface area is 239 Å². The summed E-state index contributed by atoms with van der Waals surface area (Å²) in [5, 5.41) is 9.47. The van der Waals surface area contributed by atoms with Crippen LogP contribution in [-0.4, -0.2) is 36.4 Å². The van der Waals surface area contributed by atoms with Crippen molar-refractivity contribution in [3.05, 3.63) is 48.6 Å². The van der Waals surface area contributed by atoms with E-state index in [2.05, 4.69) is 62.5 Å². The second-order valence-corrected chi connectivity index (χ2v) is 10.1. The van der Waals surface area contributed by atoms with Gasteiger partial charge in [0.25, 0.3) is 0 Å². The van der Waals surface area contributed by atoms with Crippen molar-refractivity contribution in [2.24, 2.45) is 0 Å². The van der Waals surface area contributed by atoms with Crippen molar-refractivity contribution >= 4 is 11.9 Å². The van der Waals surface area contributed by atoms with Gasteiger partial charge in [0.15, 0.2) is 6.10 Å². The SMILES string of the molecule is CC/C=C\C/C=C\C/C=C\CCCCCCCC(=O)OC(CO)COC(=O)CCCCCCC/C=C\CCC. The van der Waals surface area contributed by atoms with Crippen LogP contribution in [0.5, 0.6) is 0 Å². The molecule has 39 heavy (non-hydrogen) atoms. The van der Waals surface area contributed by atoms with Crippen LogP contribution < -0.4 is 0 Å². The van der Waals surface area contributed by atoms with Gasteiger partial charge < -0.3 is 14.6 Å². The number of hydrogen-bond acceptors (Lipinski definition) is 5. The summed E-state index contributed by atoms with van der Waals surface area (Å²) in [6, 6.07) is 0. The molecule has 1 unspecified atom stereocenters. The third-order valence-corrected chi connectivity index (χ3v) is 6.34. The fourth-order valence-corrected chi connectivity index (χ4v) is 3.98. The van der Waals surface area contributed by atoms with Gasteiger partial charge in [-0.3, -0.25) is 9.59 Å². The summed E-state index contributed by atoms with van der Waals surface area (Å²) < 4.78 is 10.5. The summed E-state index contributed by atoms with van der Waals surface area (Å²) in [5.74, 6) is -0.631. The zero-order valence-corrected chi connectivity index (χ0v) is 25.1. The largest absolute Gasteiger partial charge is 0.462 e. The average Bonchev–Trinajstić information content (AvgIpc) is 2.94. The normalized spacial score (nSPS) is 12.8. The predicted molar refractivity (Wildman–Crippen MR) is 164 cm³/mol. The Kier molecular flexibility index (Phi) is 28.7. The van der Waals surface area contributed by atoms with E-state index in [-0.39, 0.29) is 25.2 Å². The Balaban J connectivity index is 3.66. The molecule has 0 aliphatic carbocycles. The third-order valence-electron chi connectivity index (χ3n) is 6.34. The van der Waals surface area contributed by atoms with E-state index >= 15 is 0 Å². The molecule has 0 aromatic carbocycles. The van der Waals surface area contributed by atoms with Crippen molar-refractivity contribution in [3.63, 3.8) is 0 Å². The molecule has 0 aromatic rings. The lowest BCUT2D eigenvalue weighted by atomic mass is 10.1. The van der Waals surface area contributed by atoms with Gasteiger partial charge in [-0.15, -0.1) is 0 Å². The highest BCUT2D eigenvalue weighted by molar-refractivity contribution is 5.70. The van der Waals surface area contributed by atoms with Gasteiger partial charge in [0, 0.05) is 12.8 Å². The molecule has 1 atom stereocenters. The molecule has 5 nitrogen and oxygen atoms in total. The highest BCUT2D eigenvalue weighted by Gasteiger charge is 2.16. The molecular formula is C34H58O5. The summed E-state index contributed by atoms with van der Waals surface area (Å²) >= 11 is 0. The number of unbranched alkanes of at least 4 members (excludes halogenated alkanes) is 11. The first kappa shape index (κ1) is 36.9. The minimum atomic E-state index is -0.781. The van der Waals surface area contributed by atoms with Crippen molar-refractivity contribution in [3.8, 4) is 0 Å². The van der Waals surface area contributed by atoms with E-state index in [4.69, 9.17) is 9.47 Å². The first-order valence-electron chi connectivity index (χ1n) is 15.7. The number of rotatable bonds is 27. The number of ether oxygens (including phenoxy) is 2. The monoisotopic (exact) mass is 546 g/mol. The lowest BCUT2D eigenvalue weighted by Crippen LogP contribution is -2.28. The molecule has 0 amide bonds. The summed E-state index contributed by atoms with van der Waals surface area (Å²) in [4.78, 5) is 24.0. The molecule has 0 rings (SSSR count). The van der Waals surface area contributed by atoms with E-state index in [1.54, 1.807) is 0 Å². The maximum atomic E-state index is 12.1. The summed E-state index contributed by atoms with van der Waals surface area (Å²) in [7, 11) is 0. The second kappa shape index (κ2) is 30.4. The molecule has 0 aliphatic rings. The van der Waals surface area contributed by atoms with Gasteiger partial charge >= 0.3 is 11.9 Å². The molecule has 0 saturated carbocycles. The fraction of sp³-hybridized carbons (Fsp3) is 0.706. The molecule has 0 fully saturated rings. The van der Waals surface area contributed by atoms with Gasteiger partial charge in [-0.1, -0.05) is 107 Å². The first-order valence-corrected chi connectivity index (χ1v) is 15.7. The number of aliphatic hydroxyl groups excluding tert-OH is 1. The molecule has 0 spiro atoms. The molecule has 0 bridgehead atoms. The van der Waals surface area contributed by atoms with E-state index in [9.17, 15) is 14.7 Å². The fourth-order valence-electron chi connectivity index (χ4n) is 3.98. The molecule has 0 aliphatic heterocycles. The molecule has 0 saturated heterocycles. The zero-order valence-electron chi connectivity index (χ0n) is 25.1. The minimum Gasteiger partial charge on any atom is -0.462 e. The van der Waals surface area contributed by atoms with Gasteiger partial charge in [0.1, 0.15) is 6.61 Å². The average molecular weight is 547 g/mol. The van der Waals surface area contributed by atoms with Crippen LogP contribution in [0.4, 0.5) is 0 Å². The van der Waals surface area contributed by atoms with E-state index in [1.807, 2.05) is 0 Å². The summed E-state index contributed by atoms with van der Waals surface area (Å²) in [6.07, 6.45) is 35.9. The maximum Gasteiger partial charge on any atom is 0.306 e. The van der Waals surface area contributed by atoms with Crippen LogP contribution in [0.15, 0.2) is 48.6 Å². The standard InChI is InChI=1S/C34H58O5/c1-3-5-7-9-11-13-15-16-17-18-19-21-23-25-27-29-34(37)39-32(30-35)31-38-33(36)28-26-24-22-20-14-12-10-8-6-4-2/h5,7-8,10-11,13,16-17,32,35H,3-4,6,9,12,14-15,18-31H2,1-2H3/b7-5-,10-8-,13-11-,17-16-. The van der Waals surface area contributed by atoms with Crippen LogP contribution in [0, 0.1) is 0 Å². The maximum absolute atomic E-state index is 12.1. The number of aliphatic hydroxyl groups is 1. The van der Waals surface area contributed by atoms with Crippen LogP contribution >= 0.6 is 0 Å². The topological polar surface area (TPSA) is 72.8 Å². The van der Waals surface area contributed by atoms with Crippen LogP contribution in [0.3, 0.4) is 0 Å². The van der Waals surface area contributed by atoms with E-state index < -0.39 is 6.10 Å². The third kappa shape index (κ3) is 28.7. The molecule has 0 aromatic heterocycles. The molecule has 0 radical (unpaired) electrons. The molecular weight excluding hydrogens is 488 g/mol. The van der Waals surface area contributed by atoms with Crippen molar-refractivity contribution < 1.29 is 24.2 Å². The minimum absolute atomic E-state index is 0.0790. The van der Waals surface area contributed by atoms with Crippen LogP contribution in [0.2, 0.25) is 0 Å². The number of carbonyl (C=O) groups is 2. The quantitative estimate of drug-likeness (QED) is 0.0632. The summed E-state index contributed by atoms with van der Waals surface area (Å²) in [5.41, 5.74) is 0. The predicted octanol–water partition coefficient (Wildman–Crippen LogP) is 9.11. The van der Waals surface area contributed by atoms with Gasteiger partial charge in [-0.05, 0) is 64.2 Å².